The molecule has 0 bridgehead atoms. The SMILES string of the molecule is O=C(O)c1ccc(C[n+]2ccc(-c3cc[n+](Cc4ccc(C[n+]5ccc(-c6cc[n+](Cc7ccccc7)cc6)cc5)cc4)cc3)cc2)cc1. The zero-order valence-corrected chi connectivity index (χ0v) is 27.2. The Morgan fingerprint density at radius 3 is 0.918 bits per heavy atom. The van der Waals surface area contributed by atoms with Gasteiger partial charge in [-0.05, 0) is 34.4 Å². The van der Waals surface area contributed by atoms with Gasteiger partial charge in [-0.3, -0.25) is 0 Å². The zero-order chi connectivity index (χ0) is 33.4. The van der Waals surface area contributed by atoms with E-state index in [4.69, 9.17) is 5.11 Å². The number of rotatable bonds is 11. The predicted octanol–water partition coefficient (Wildman–Crippen LogP) is 6.06. The normalized spacial score (nSPS) is 10.9. The minimum atomic E-state index is -0.907. The van der Waals surface area contributed by atoms with Crippen LogP contribution < -0.4 is 18.3 Å². The highest BCUT2D eigenvalue weighted by Crippen LogP contribution is 2.17. The minimum Gasteiger partial charge on any atom is -0.478 e. The van der Waals surface area contributed by atoms with Gasteiger partial charge in [-0.1, -0.05) is 66.7 Å². The molecular formula is C43H38N4O2+4. The van der Waals surface area contributed by atoms with Crippen molar-refractivity contribution in [3.05, 3.63) is 205 Å². The monoisotopic (exact) mass is 642 g/mol. The van der Waals surface area contributed by atoms with E-state index in [0.717, 1.165) is 36.3 Å². The Bertz CT molecular complexity index is 2130. The van der Waals surface area contributed by atoms with Gasteiger partial charge in [-0.25, -0.2) is 23.1 Å². The molecular weight excluding hydrogens is 604 g/mol. The van der Waals surface area contributed by atoms with Gasteiger partial charge in [0.2, 0.25) is 0 Å². The van der Waals surface area contributed by atoms with Crippen LogP contribution in [0.25, 0.3) is 22.3 Å². The van der Waals surface area contributed by atoms with Crippen LogP contribution in [0.2, 0.25) is 0 Å². The van der Waals surface area contributed by atoms with Crippen LogP contribution in [0.1, 0.15) is 32.6 Å². The van der Waals surface area contributed by atoms with E-state index in [2.05, 4.69) is 165 Å². The fourth-order valence-corrected chi connectivity index (χ4v) is 5.95. The summed E-state index contributed by atoms with van der Waals surface area (Å²) < 4.78 is 8.71. The van der Waals surface area contributed by atoms with Gasteiger partial charge in [0.25, 0.3) is 0 Å². The third-order valence-corrected chi connectivity index (χ3v) is 8.76. The Kier molecular flexibility index (Phi) is 9.37. The summed E-state index contributed by atoms with van der Waals surface area (Å²) in [5, 5.41) is 9.10. The summed E-state index contributed by atoms with van der Waals surface area (Å²) in [5.74, 6) is -0.907. The van der Waals surface area contributed by atoms with Crippen LogP contribution in [0, 0.1) is 0 Å². The maximum absolute atomic E-state index is 11.1. The molecule has 6 heteroatoms. The standard InChI is InChI=1S/C43H37N4O2/c48-43(49)42-12-10-37(11-13-42)33-47-28-20-41(21-29-47)40-18-26-46(27-19-40)32-36-8-6-35(7-9-36)31-45-24-16-39(17-25-45)38-14-22-44(23-15-38)30-34-4-2-1-3-5-34/h1-29H,30-33H2/q+3/p+1. The zero-order valence-electron chi connectivity index (χ0n) is 27.2. The molecule has 4 heterocycles. The molecule has 1 N–H and O–H groups in total. The van der Waals surface area contributed by atoms with Crippen LogP contribution in [0.5, 0.6) is 0 Å². The lowest BCUT2D eigenvalue weighted by molar-refractivity contribution is -0.689. The first kappa shape index (κ1) is 31.3. The molecule has 0 spiro atoms. The van der Waals surface area contributed by atoms with Gasteiger partial charge in [-0.15, -0.1) is 0 Å². The fourth-order valence-electron chi connectivity index (χ4n) is 5.95. The van der Waals surface area contributed by atoms with Crippen LogP contribution in [0.3, 0.4) is 0 Å². The number of nitrogens with zero attached hydrogens (tertiary/aromatic N) is 4. The molecule has 7 aromatic rings. The number of carboxylic acid groups (broad SMARTS) is 1. The molecule has 0 unspecified atom stereocenters. The van der Waals surface area contributed by atoms with E-state index in [-0.39, 0.29) is 0 Å². The lowest BCUT2D eigenvalue weighted by Crippen LogP contribution is -2.34. The summed E-state index contributed by atoms with van der Waals surface area (Å²) in [7, 11) is 0. The van der Waals surface area contributed by atoms with E-state index in [9.17, 15) is 4.79 Å². The van der Waals surface area contributed by atoms with Gasteiger partial charge in [0.1, 0.15) is 0 Å². The lowest BCUT2D eigenvalue weighted by Gasteiger charge is -2.04. The molecule has 7 rings (SSSR count). The van der Waals surface area contributed by atoms with Crippen molar-refractivity contribution in [1.29, 1.82) is 0 Å². The summed E-state index contributed by atoms with van der Waals surface area (Å²) >= 11 is 0. The van der Waals surface area contributed by atoms with Crippen molar-refractivity contribution in [2.75, 3.05) is 0 Å². The van der Waals surface area contributed by atoms with Crippen molar-refractivity contribution in [1.82, 2.24) is 0 Å². The van der Waals surface area contributed by atoms with Crippen molar-refractivity contribution in [2.24, 2.45) is 0 Å². The summed E-state index contributed by atoms with van der Waals surface area (Å²) in [6.45, 7) is 3.18. The number of hydrogen-bond donors (Lipinski definition) is 1. The van der Waals surface area contributed by atoms with Gasteiger partial charge < -0.3 is 5.11 Å². The molecule has 0 atom stereocenters. The molecule has 6 nitrogen and oxygen atoms in total. The number of benzene rings is 3. The first-order valence-corrected chi connectivity index (χ1v) is 16.5. The summed E-state index contributed by atoms with van der Waals surface area (Å²) in [6, 6.07) is 43.6. The second-order valence-corrected chi connectivity index (χ2v) is 12.3. The largest absolute Gasteiger partial charge is 0.478 e. The Morgan fingerprint density at radius 1 is 0.367 bits per heavy atom. The predicted molar refractivity (Wildman–Crippen MR) is 187 cm³/mol. The highest BCUT2D eigenvalue weighted by Gasteiger charge is 2.11. The third-order valence-electron chi connectivity index (χ3n) is 8.76. The molecule has 49 heavy (non-hydrogen) atoms. The van der Waals surface area contributed by atoms with Gasteiger partial charge in [0, 0.05) is 70.8 Å². The van der Waals surface area contributed by atoms with Crippen LogP contribution in [0.15, 0.2) is 177 Å². The Hall–Kier alpha value is -6.27. The van der Waals surface area contributed by atoms with Crippen LogP contribution in [-0.4, -0.2) is 11.1 Å². The number of carbonyl (C=O) groups is 1. The van der Waals surface area contributed by atoms with Crippen LogP contribution >= 0.6 is 0 Å². The Morgan fingerprint density at radius 2 is 0.633 bits per heavy atom. The quantitative estimate of drug-likeness (QED) is 0.175. The molecule has 0 aliphatic carbocycles. The number of hydrogen-bond acceptors (Lipinski definition) is 1. The van der Waals surface area contributed by atoms with Gasteiger partial charge in [0.05, 0.1) is 5.56 Å². The number of pyridine rings is 4. The van der Waals surface area contributed by atoms with Crippen molar-refractivity contribution >= 4 is 5.97 Å². The smallest absolute Gasteiger partial charge is 0.335 e. The van der Waals surface area contributed by atoms with Crippen molar-refractivity contribution < 1.29 is 28.2 Å². The fraction of sp³-hybridized carbons (Fsp3) is 0.0930. The molecule has 0 saturated heterocycles. The topological polar surface area (TPSA) is 52.8 Å². The first-order chi connectivity index (χ1) is 24.0. The van der Waals surface area contributed by atoms with E-state index < -0.39 is 5.97 Å². The van der Waals surface area contributed by atoms with Gasteiger partial charge in [-0.2, -0.15) is 0 Å². The van der Waals surface area contributed by atoms with E-state index in [1.54, 1.807) is 12.1 Å². The maximum atomic E-state index is 11.1. The summed E-state index contributed by atoms with van der Waals surface area (Å²) in [5.41, 5.74) is 9.90. The van der Waals surface area contributed by atoms with E-state index in [1.165, 1.54) is 27.8 Å². The second-order valence-electron chi connectivity index (χ2n) is 12.3. The third kappa shape index (κ3) is 8.18. The van der Waals surface area contributed by atoms with Gasteiger partial charge >= 0.3 is 5.97 Å². The second kappa shape index (κ2) is 14.7. The van der Waals surface area contributed by atoms with Crippen LogP contribution in [-0.2, 0) is 26.2 Å². The minimum absolute atomic E-state index is 0.302. The molecule has 0 radical (unpaired) electrons. The molecule has 4 aromatic heterocycles. The molecule has 0 aliphatic heterocycles. The Balaban J connectivity index is 0.909. The number of aromatic nitrogens is 4. The average molecular weight is 643 g/mol. The maximum Gasteiger partial charge on any atom is 0.335 e. The molecule has 0 aliphatic rings. The highest BCUT2D eigenvalue weighted by atomic mass is 16.4. The summed E-state index contributed by atoms with van der Waals surface area (Å²) in [6.07, 6.45) is 17.0. The van der Waals surface area contributed by atoms with Crippen molar-refractivity contribution in [3.8, 4) is 22.3 Å². The molecule has 0 amide bonds. The van der Waals surface area contributed by atoms with Crippen molar-refractivity contribution in [2.45, 2.75) is 26.2 Å². The molecule has 0 saturated carbocycles. The Labute approximate surface area is 286 Å². The number of aromatic carboxylic acids is 1. The lowest BCUT2D eigenvalue weighted by atomic mass is 10.1. The molecule has 0 fully saturated rings. The molecule has 3 aromatic carbocycles. The number of carboxylic acids is 1. The van der Waals surface area contributed by atoms with E-state index in [1.807, 2.05) is 18.2 Å². The first-order valence-electron chi connectivity index (χ1n) is 16.5. The van der Waals surface area contributed by atoms with Gasteiger partial charge in [0.15, 0.2) is 75.8 Å². The van der Waals surface area contributed by atoms with E-state index >= 15 is 0 Å². The van der Waals surface area contributed by atoms with Crippen molar-refractivity contribution in [3.63, 3.8) is 0 Å². The van der Waals surface area contributed by atoms with E-state index in [0.29, 0.717) is 12.1 Å². The van der Waals surface area contributed by atoms with Crippen LogP contribution in [0.4, 0.5) is 0 Å². The highest BCUT2D eigenvalue weighted by molar-refractivity contribution is 5.87. The molecule has 238 valence electrons. The average Bonchev–Trinajstić information content (AvgIpc) is 3.14. The summed E-state index contributed by atoms with van der Waals surface area (Å²) in [4.78, 5) is 11.1.